The van der Waals surface area contributed by atoms with Gasteiger partial charge >= 0.3 is 5.97 Å². The lowest BCUT2D eigenvalue weighted by Gasteiger charge is -2.58. The summed E-state index contributed by atoms with van der Waals surface area (Å²) in [5.41, 5.74) is 0.846. The number of benzene rings is 1. The van der Waals surface area contributed by atoms with Gasteiger partial charge in [-0.3, -0.25) is 0 Å². The first kappa shape index (κ1) is 19.6. The van der Waals surface area contributed by atoms with E-state index in [4.69, 9.17) is 23.7 Å². The van der Waals surface area contributed by atoms with Crippen molar-refractivity contribution < 1.29 is 23.7 Å². The average Bonchev–Trinajstić information content (AvgIpc) is 2.57. The zero-order valence-corrected chi connectivity index (χ0v) is 18.0. The summed E-state index contributed by atoms with van der Waals surface area (Å²) >= 11 is 0. The molecule has 1 fully saturated rings. The predicted octanol–water partition coefficient (Wildman–Crippen LogP) is 4.66. The molecule has 1 heterocycles. The van der Waals surface area contributed by atoms with E-state index in [-0.39, 0.29) is 5.92 Å². The first-order valence-electron chi connectivity index (χ1n) is 8.98. The topological polar surface area (TPSA) is 46.2 Å². The van der Waals surface area contributed by atoms with Gasteiger partial charge in [0, 0.05) is 18.6 Å². The van der Waals surface area contributed by atoms with Gasteiger partial charge in [0.05, 0.1) is 12.5 Å². The molecule has 0 saturated carbocycles. The van der Waals surface area contributed by atoms with Crippen molar-refractivity contribution in [1.82, 2.24) is 0 Å². The second-order valence-electron chi connectivity index (χ2n) is 8.73. The Morgan fingerprint density at radius 2 is 1.65 bits per heavy atom. The fourth-order valence-electron chi connectivity index (χ4n) is 4.20. The molecule has 0 N–H and O–H groups in total. The SMILES string of the molecule is COC1=C[C@H]2C(C)(C)C(OC)(O[Si](C)(C)C)OO[C@@]2(C)c2ccccc21. The van der Waals surface area contributed by atoms with Gasteiger partial charge in [-0.1, -0.05) is 38.1 Å². The van der Waals surface area contributed by atoms with Crippen molar-refractivity contribution in [2.24, 2.45) is 11.3 Å². The molecule has 1 unspecified atom stereocenters. The summed E-state index contributed by atoms with van der Waals surface area (Å²) in [4.78, 5) is 12.0. The van der Waals surface area contributed by atoms with Crippen LogP contribution in [-0.4, -0.2) is 28.5 Å². The second kappa shape index (κ2) is 6.17. The molecule has 1 aromatic carbocycles. The minimum absolute atomic E-state index is 0.0788. The molecule has 0 amide bonds. The van der Waals surface area contributed by atoms with Crippen molar-refractivity contribution in [1.29, 1.82) is 0 Å². The summed E-state index contributed by atoms with van der Waals surface area (Å²) in [5, 5.41) is 0. The van der Waals surface area contributed by atoms with Gasteiger partial charge in [-0.05, 0) is 38.2 Å². The Kier molecular flexibility index (Phi) is 4.65. The summed E-state index contributed by atoms with van der Waals surface area (Å²) < 4.78 is 17.9. The van der Waals surface area contributed by atoms with Gasteiger partial charge in [0.1, 0.15) is 11.4 Å². The fourth-order valence-corrected chi connectivity index (χ4v) is 5.39. The normalized spacial score (nSPS) is 33.1. The second-order valence-corrected chi connectivity index (χ2v) is 13.2. The van der Waals surface area contributed by atoms with E-state index in [0.29, 0.717) is 0 Å². The van der Waals surface area contributed by atoms with E-state index in [1.807, 2.05) is 18.2 Å². The molecule has 1 aliphatic carbocycles. The van der Waals surface area contributed by atoms with E-state index < -0.39 is 25.3 Å². The molecule has 0 bridgehead atoms. The highest BCUT2D eigenvalue weighted by atomic mass is 28.4. The third-order valence-corrected chi connectivity index (χ3v) is 6.34. The number of rotatable bonds is 4. The molecule has 0 spiro atoms. The molecule has 144 valence electrons. The zero-order chi connectivity index (χ0) is 19.4. The Morgan fingerprint density at radius 1 is 1.00 bits per heavy atom. The van der Waals surface area contributed by atoms with E-state index in [9.17, 15) is 0 Å². The number of hydrogen-bond acceptors (Lipinski definition) is 5. The van der Waals surface area contributed by atoms with Gasteiger partial charge in [-0.25, -0.2) is 4.89 Å². The lowest BCUT2D eigenvalue weighted by atomic mass is 9.62. The van der Waals surface area contributed by atoms with Crippen molar-refractivity contribution in [3.05, 3.63) is 41.5 Å². The van der Waals surface area contributed by atoms with Crippen LogP contribution >= 0.6 is 0 Å². The molecule has 2 aliphatic rings. The van der Waals surface area contributed by atoms with E-state index in [0.717, 1.165) is 16.9 Å². The van der Waals surface area contributed by atoms with Gasteiger partial charge in [0.2, 0.25) is 0 Å². The largest absolute Gasteiger partial charge is 0.496 e. The highest BCUT2D eigenvalue weighted by Crippen LogP contribution is 2.59. The Bertz CT molecular complexity index is 723. The van der Waals surface area contributed by atoms with E-state index >= 15 is 0 Å². The van der Waals surface area contributed by atoms with Crippen LogP contribution in [-0.2, 0) is 29.3 Å². The predicted molar refractivity (Wildman–Crippen MR) is 102 cm³/mol. The summed E-state index contributed by atoms with van der Waals surface area (Å²) in [7, 11) is 1.31. The van der Waals surface area contributed by atoms with Crippen LogP contribution in [0.15, 0.2) is 30.3 Å². The first-order valence-corrected chi connectivity index (χ1v) is 12.4. The van der Waals surface area contributed by atoms with Crippen LogP contribution < -0.4 is 0 Å². The van der Waals surface area contributed by atoms with Crippen LogP contribution in [0.25, 0.3) is 5.76 Å². The Labute approximate surface area is 157 Å². The molecule has 3 atom stereocenters. The van der Waals surface area contributed by atoms with Gasteiger partial charge in [0.25, 0.3) is 0 Å². The maximum Gasteiger partial charge on any atom is 0.308 e. The molecule has 1 aromatic rings. The van der Waals surface area contributed by atoms with Crippen LogP contribution in [0.2, 0.25) is 19.6 Å². The fraction of sp³-hybridized carbons (Fsp3) is 0.600. The van der Waals surface area contributed by atoms with Crippen molar-refractivity contribution in [3.8, 4) is 0 Å². The molecule has 6 heteroatoms. The molecule has 1 saturated heterocycles. The maximum atomic E-state index is 6.38. The van der Waals surface area contributed by atoms with Crippen molar-refractivity contribution in [2.75, 3.05) is 14.2 Å². The third-order valence-electron chi connectivity index (χ3n) is 5.46. The minimum Gasteiger partial charge on any atom is -0.496 e. The summed E-state index contributed by atoms with van der Waals surface area (Å²) in [6.07, 6.45) is 2.12. The van der Waals surface area contributed by atoms with Gasteiger partial charge < -0.3 is 13.9 Å². The average molecular weight is 379 g/mol. The number of fused-ring (bicyclic) bond motifs is 3. The maximum absolute atomic E-state index is 6.38. The van der Waals surface area contributed by atoms with E-state index in [1.165, 1.54) is 0 Å². The molecule has 3 rings (SSSR count). The van der Waals surface area contributed by atoms with Crippen molar-refractivity contribution >= 4 is 14.1 Å². The van der Waals surface area contributed by atoms with Crippen LogP contribution in [0.3, 0.4) is 0 Å². The summed E-state index contributed by atoms with van der Waals surface area (Å²) in [6.45, 7) is 12.6. The van der Waals surface area contributed by atoms with E-state index in [1.54, 1.807) is 14.2 Å². The van der Waals surface area contributed by atoms with Crippen LogP contribution in [0, 0.1) is 11.3 Å². The first-order chi connectivity index (χ1) is 12.0. The number of hydrogen-bond donors (Lipinski definition) is 0. The standard InChI is InChI=1S/C20H30O5Si/c1-18(2)17-13-16(21-4)14-11-9-10-12-15(14)19(17,3)23-24-20(18,22-5)25-26(6,7)8/h9-13,17H,1-8H3/t17-,19-,20?/m0/s1. The van der Waals surface area contributed by atoms with E-state index in [2.05, 4.69) is 52.6 Å². The molecule has 5 nitrogen and oxygen atoms in total. The molecule has 0 radical (unpaired) electrons. The van der Waals surface area contributed by atoms with Gasteiger partial charge in [-0.15, -0.1) is 0 Å². The van der Waals surface area contributed by atoms with Crippen molar-refractivity contribution in [3.63, 3.8) is 0 Å². The minimum atomic E-state index is -1.99. The molecule has 0 aromatic heterocycles. The van der Waals surface area contributed by atoms with Crippen LogP contribution in [0.1, 0.15) is 31.9 Å². The molecule has 26 heavy (non-hydrogen) atoms. The Hall–Kier alpha value is -1.18. The molecular formula is C20H30O5Si. The Balaban J connectivity index is 2.16. The monoisotopic (exact) mass is 378 g/mol. The summed E-state index contributed by atoms with van der Waals surface area (Å²) in [5.74, 6) is -0.534. The smallest absolute Gasteiger partial charge is 0.308 e. The molecule has 1 aliphatic heterocycles. The lowest BCUT2D eigenvalue weighted by molar-refractivity contribution is -0.579. The Morgan fingerprint density at radius 3 is 2.23 bits per heavy atom. The highest BCUT2D eigenvalue weighted by molar-refractivity contribution is 6.69. The summed E-state index contributed by atoms with van der Waals surface area (Å²) in [6, 6.07) is 8.11. The number of ether oxygens (including phenoxy) is 2. The van der Waals surface area contributed by atoms with Gasteiger partial charge in [-0.2, -0.15) is 4.89 Å². The molecular weight excluding hydrogens is 348 g/mol. The van der Waals surface area contributed by atoms with Crippen molar-refractivity contribution in [2.45, 2.75) is 52.0 Å². The van der Waals surface area contributed by atoms with Crippen LogP contribution in [0.5, 0.6) is 0 Å². The third kappa shape index (κ3) is 2.75. The highest BCUT2D eigenvalue weighted by Gasteiger charge is 2.66. The lowest BCUT2D eigenvalue weighted by Crippen LogP contribution is -2.66. The van der Waals surface area contributed by atoms with Crippen LogP contribution in [0.4, 0.5) is 0 Å². The zero-order valence-electron chi connectivity index (χ0n) is 17.0. The quantitative estimate of drug-likeness (QED) is 0.433. The van der Waals surface area contributed by atoms with Gasteiger partial charge in [0.15, 0.2) is 8.32 Å². The number of methoxy groups -OCH3 is 2.